The van der Waals surface area contributed by atoms with Gasteiger partial charge in [0, 0.05) is 5.57 Å². The fourth-order valence-corrected chi connectivity index (χ4v) is 3.70. The normalized spacial score (nSPS) is 31.4. The number of carbonyl (C=O) groups excluding carboxylic acids is 1. The second-order valence-electron chi connectivity index (χ2n) is 6.13. The summed E-state index contributed by atoms with van der Waals surface area (Å²) in [7, 11) is 0. The van der Waals surface area contributed by atoms with Crippen molar-refractivity contribution in [3.05, 3.63) is 22.8 Å². The van der Waals surface area contributed by atoms with E-state index in [9.17, 15) is 4.79 Å². The lowest BCUT2D eigenvalue weighted by atomic mass is 9.75. The Balaban J connectivity index is 2.27. The molecule has 3 atom stereocenters. The summed E-state index contributed by atoms with van der Waals surface area (Å²) in [6, 6.07) is 0. The molecule has 2 aliphatic carbocycles. The molecule has 2 nitrogen and oxygen atoms in total. The molecule has 0 bridgehead atoms. The monoisotopic (exact) mass is 262 g/mol. The topological polar surface area (TPSA) is 26.3 Å². The summed E-state index contributed by atoms with van der Waals surface area (Å²) in [5.74, 6) is 2.08. The average Bonchev–Trinajstić information content (AvgIpc) is 2.76. The molecule has 0 aromatic heterocycles. The molecular weight excluding hydrogens is 236 g/mol. The van der Waals surface area contributed by atoms with E-state index in [0.717, 1.165) is 23.8 Å². The zero-order valence-electron chi connectivity index (χ0n) is 12.7. The van der Waals surface area contributed by atoms with Crippen LogP contribution in [0.2, 0.25) is 0 Å². The van der Waals surface area contributed by atoms with Crippen LogP contribution in [0.4, 0.5) is 0 Å². The minimum Gasteiger partial charge on any atom is -0.463 e. The maximum atomic E-state index is 11.7. The Hall–Kier alpha value is -1.05. The fourth-order valence-electron chi connectivity index (χ4n) is 3.70. The van der Waals surface area contributed by atoms with Crippen LogP contribution < -0.4 is 0 Å². The van der Waals surface area contributed by atoms with Crippen LogP contribution in [-0.2, 0) is 9.53 Å². The SMILES string of the molecule is CCOC(=O)/C(C)=C/C1=C2[C@H](C)CC[C@H]2[C@H](C)CC1. The summed E-state index contributed by atoms with van der Waals surface area (Å²) in [5.41, 5.74) is 3.79. The summed E-state index contributed by atoms with van der Waals surface area (Å²) in [5, 5.41) is 0. The summed E-state index contributed by atoms with van der Waals surface area (Å²) >= 11 is 0. The molecule has 0 N–H and O–H groups in total. The molecule has 106 valence electrons. The molecule has 0 heterocycles. The highest BCUT2D eigenvalue weighted by molar-refractivity contribution is 5.88. The molecule has 0 aliphatic heterocycles. The van der Waals surface area contributed by atoms with E-state index in [2.05, 4.69) is 19.9 Å². The highest BCUT2D eigenvalue weighted by Crippen LogP contribution is 2.48. The molecule has 1 fully saturated rings. The van der Waals surface area contributed by atoms with Crippen LogP contribution >= 0.6 is 0 Å². The van der Waals surface area contributed by atoms with E-state index in [1.165, 1.54) is 24.8 Å². The van der Waals surface area contributed by atoms with E-state index < -0.39 is 0 Å². The van der Waals surface area contributed by atoms with Crippen molar-refractivity contribution < 1.29 is 9.53 Å². The number of fused-ring (bicyclic) bond motifs is 1. The van der Waals surface area contributed by atoms with E-state index in [0.29, 0.717) is 12.5 Å². The molecule has 0 spiro atoms. The first kappa shape index (κ1) is 14.4. The number of esters is 1. The number of hydrogen-bond donors (Lipinski definition) is 0. The van der Waals surface area contributed by atoms with Crippen LogP contribution in [0.15, 0.2) is 22.8 Å². The number of rotatable bonds is 3. The molecule has 0 aromatic carbocycles. The van der Waals surface area contributed by atoms with Crippen LogP contribution in [0.5, 0.6) is 0 Å². The number of hydrogen-bond acceptors (Lipinski definition) is 2. The van der Waals surface area contributed by atoms with Crippen LogP contribution in [0.25, 0.3) is 0 Å². The Bertz CT molecular complexity index is 417. The Morgan fingerprint density at radius 2 is 2.05 bits per heavy atom. The Labute approximate surface area is 116 Å². The Morgan fingerprint density at radius 1 is 1.32 bits per heavy atom. The van der Waals surface area contributed by atoms with Gasteiger partial charge in [0.05, 0.1) is 6.61 Å². The second-order valence-corrected chi connectivity index (χ2v) is 6.13. The summed E-state index contributed by atoms with van der Waals surface area (Å²) in [6.45, 7) is 8.89. The van der Waals surface area contributed by atoms with Gasteiger partial charge in [0.25, 0.3) is 0 Å². The van der Waals surface area contributed by atoms with Crippen molar-refractivity contribution in [3.63, 3.8) is 0 Å². The van der Waals surface area contributed by atoms with Gasteiger partial charge < -0.3 is 4.74 Å². The van der Waals surface area contributed by atoms with Gasteiger partial charge in [-0.1, -0.05) is 19.4 Å². The molecule has 1 saturated carbocycles. The van der Waals surface area contributed by atoms with Gasteiger partial charge in [-0.2, -0.15) is 0 Å². The van der Waals surface area contributed by atoms with Gasteiger partial charge in [-0.3, -0.25) is 0 Å². The van der Waals surface area contributed by atoms with Crippen molar-refractivity contribution >= 4 is 5.97 Å². The maximum Gasteiger partial charge on any atom is 0.333 e. The van der Waals surface area contributed by atoms with Crippen molar-refractivity contribution in [1.82, 2.24) is 0 Å². The van der Waals surface area contributed by atoms with E-state index in [1.807, 2.05) is 13.8 Å². The predicted octanol–water partition coefficient (Wildman–Crippen LogP) is 4.27. The zero-order chi connectivity index (χ0) is 14.0. The smallest absolute Gasteiger partial charge is 0.333 e. The van der Waals surface area contributed by atoms with Gasteiger partial charge in [0.1, 0.15) is 0 Å². The van der Waals surface area contributed by atoms with Crippen molar-refractivity contribution in [1.29, 1.82) is 0 Å². The van der Waals surface area contributed by atoms with Crippen LogP contribution in [0, 0.1) is 17.8 Å². The van der Waals surface area contributed by atoms with Crippen LogP contribution in [0.3, 0.4) is 0 Å². The largest absolute Gasteiger partial charge is 0.463 e. The molecule has 0 aromatic rings. The van der Waals surface area contributed by atoms with Gasteiger partial charge in [0.2, 0.25) is 0 Å². The molecule has 2 rings (SSSR count). The van der Waals surface area contributed by atoms with Gasteiger partial charge >= 0.3 is 5.97 Å². The maximum absolute atomic E-state index is 11.7. The molecule has 0 unspecified atom stereocenters. The van der Waals surface area contributed by atoms with E-state index in [1.54, 1.807) is 5.57 Å². The van der Waals surface area contributed by atoms with Crippen molar-refractivity contribution in [3.8, 4) is 0 Å². The first-order valence-corrected chi connectivity index (χ1v) is 7.63. The van der Waals surface area contributed by atoms with Crippen molar-refractivity contribution in [2.24, 2.45) is 17.8 Å². The predicted molar refractivity (Wildman–Crippen MR) is 77.7 cm³/mol. The Kier molecular flexibility index (Phi) is 4.49. The second kappa shape index (κ2) is 5.94. The third-order valence-electron chi connectivity index (χ3n) is 4.76. The van der Waals surface area contributed by atoms with E-state index in [4.69, 9.17) is 4.74 Å². The van der Waals surface area contributed by atoms with Crippen LogP contribution in [0.1, 0.15) is 53.4 Å². The number of carbonyl (C=O) groups is 1. The summed E-state index contributed by atoms with van der Waals surface area (Å²) in [4.78, 5) is 11.7. The van der Waals surface area contributed by atoms with Gasteiger partial charge in [0.15, 0.2) is 0 Å². The van der Waals surface area contributed by atoms with Crippen molar-refractivity contribution in [2.45, 2.75) is 53.4 Å². The molecule has 0 amide bonds. The van der Waals surface area contributed by atoms with Gasteiger partial charge in [-0.15, -0.1) is 0 Å². The first-order valence-electron chi connectivity index (χ1n) is 7.63. The van der Waals surface area contributed by atoms with E-state index in [-0.39, 0.29) is 5.97 Å². The number of ether oxygens (including phenoxy) is 1. The third kappa shape index (κ3) is 2.93. The molecular formula is C17H26O2. The quantitative estimate of drug-likeness (QED) is 0.561. The zero-order valence-corrected chi connectivity index (χ0v) is 12.7. The standard InChI is InChI=1S/C17H26O2/c1-5-19-17(18)13(4)10-14-8-6-11(2)15-9-7-12(3)16(14)15/h10-12,15H,5-9H2,1-4H3/b13-10+/t11-,12-,15+/m1/s1. The Morgan fingerprint density at radius 3 is 2.74 bits per heavy atom. The lowest BCUT2D eigenvalue weighted by molar-refractivity contribution is -0.138. The molecule has 2 heteroatoms. The summed E-state index contributed by atoms with van der Waals surface area (Å²) in [6.07, 6.45) is 7.10. The third-order valence-corrected chi connectivity index (χ3v) is 4.76. The first-order chi connectivity index (χ1) is 9.04. The van der Waals surface area contributed by atoms with Crippen molar-refractivity contribution in [2.75, 3.05) is 6.61 Å². The highest BCUT2D eigenvalue weighted by atomic mass is 16.5. The molecule has 2 aliphatic rings. The molecule has 0 radical (unpaired) electrons. The highest BCUT2D eigenvalue weighted by Gasteiger charge is 2.35. The molecule has 19 heavy (non-hydrogen) atoms. The number of allylic oxidation sites excluding steroid dienone is 3. The van der Waals surface area contributed by atoms with Gasteiger partial charge in [-0.05, 0) is 68.9 Å². The molecule has 0 saturated heterocycles. The van der Waals surface area contributed by atoms with Crippen LogP contribution in [-0.4, -0.2) is 12.6 Å². The van der Waals surface area contributed by atoms with E-state index >= 15 is 0 Å². The minimum atomic E-state index is -0.170. The minimum absolute atomic E-state index is 0.170. The lowest BCUT2D eigenvalue weighted by Crippen LogP contribution is -2.18. The lowest BCUT2D eigenvalue weighted by Gasteiger charge is -2.30. The average molecular weight is 262 g/mol. The van der Waals surface area contributed by atoms with Gasteiger partial charge in [-0.25, -0.2) is 4.79 Å². The summed E-state index contributed by atoms with van der Waals surface area (Å²) < 4.78 is 5.07. The fraction of sp³-hybridized carbons (Fsp3) is 0.706.